The lowest BCUT2D eigenvalue weighted by atomic mass is 10.1. The van der Waals surface area contributed by atoms with Crippen LogP contribution in [0.25, 0.3) is 11.1 Å². The molecule has 4 heteroatoms. The van der Waals surface area contributed by atoms with Gasteiger partial charge < -0.3 is 10.1 Å². The first kappa shape index (κ1) is 12.4. The molecule has 0 aliphatic carbocycles. The molecular formula is C16H15N3O. The van der Waals surface area contributed by atoms with Crippen molar-refractivity contribution in [1.29, 1.82) is 0 Å². The van der Waals surface area contributed by atoms with Crippen LogP contribution in [0.15, 0.2) is 55.0 Å². The molecule has 0 saturated carbocycles. The average molecular weight is 265 g/mol. The first-order chi connectivity index (χ1) is 9.81. The van der Waals surface area contributed by atoms with Crippen LogP contribution in [0.3, 0.4) is 0 Å². The van der Waals surface area contributed by atoms with Crippen molar-refractivity contribution in [3.8, 4) is 16.9 Å². The molecule has 2 aromatic heterocycles. The van der Waals surface area contributed by atoms with E-state index in [9.17, 15) is 5.11 Å². The molecule has 2 N–H and O–H groups in total. The Bertz CT molecular complexity index is 658. The van der Waals surface area contributed by atoms with E-state index in [-0.39, 0.29) is 5.75 Å². The summed E-state index contributed by atoms with van der Waals surface area (Å²) >= 11 is 0. The summed E-state index contributed by atoms with van der Waals surface area (Å²) in [6.45, 7) is 0. The lowest BCUT2D eigenvalue weighted by Crippen LogP contribution is -1.96. The number of hydrogen-bond donors (Lipinski definition) is 2. The monoisotopic (exact) mass is 265 g/mol. The van der Waals surface area contributed by atoms with Crippen LogP contribution >= 0.6 is 0 Å². The number of rotatable bonds is 4. The molecule has 0 atom stereocenters. The number of nitrogens with one attached hydrogen (secondary N) is 1. The maximum Gasteiger partial charge on any atom is 0.115 e. The fourth-order valence-electron chi connectivity index (χ4n) is 2.08. The Hall–Kier alpha value is -2.62. The summed E-state index contributed by atoms with van der Waals surface area (Å²) in [4.78, 5) is 11.8. The Labute approximate surface area is 117 Å². The van der Waals surface area contributed by atoms with E-state index in [1.54, 1.807) is 18.3 Å². The summed E-state index contributed by atoms with van der Waals surface area (Å²) in [7, 11) is 0. The second-order valence-electron chi connectivity index (χ2n) is 4.62. The number of benzene rings is 1. The predicted octanol–water partition coefficient (Wildman–Crippen LogP) is 2.96. The molecule has 0 radical (unpaired) electrons. The van der Waals surface area contributed by atoms with Gasteiger partial charge in [0.15, 0.2) is 0 Å². The summed E-state index contributed by atoms with van der Waals surface area (Å²) in [6.07, 6.45) is 7.18. The highest BCUT2D eigenvalue weighted by molar-refractivity contribution is 5.63. The first-order valence-corrected chi connectivity index (χ1v) is 6.54. The number of phenols is 1. The van der Waals surface area contributed by atoms with Crippen molar-refractivity contribution in [2.75, 3.05) is 0 Å². The Morgan fingerprint density at radius 2 is 1.70 bits per heavy atom. The minimum atomic E-state index is 0.275. The van der Waals surface area contributed by atoms with E-state index in [1.165, 1.54) is 0 Å². The molecule has 0 spiro atoms. The quantitative estimate of drug-likeness (QED) is 0.762. The second-order valence-corrected chi connectivity index (χ2v) is 4.62. The summed E-state index contributed by atoms with van der Waals surface area (Å²) in [5.74, 6) is 1.26. The minimum Gasteiger partial charge on any atom is -0.508 e. The molecule has 3 rings (SSSR count). The molecule has 4 nitrogen and oxygen atoms in total. The minimum absolute atomic E-state index is 0.275. The Balaban J connectivity index is 1.69. The van der Waals surface area contributed by atoms with Gasteiger partial charge >= 0.3 is 0 Å². The van der Waals surface area contributed by atoms with Crippen molar-refractivity contribution in [3.63, 3.8) is 0 Å². The van der Waals surface area contributed by atoms with E-state index in [0.29, 0.717) is 0 Å². The number of aryl methyl sites for hydroxylation is 2. The zero-order valence-corrected chi connectivity index (χ0v) is 11.0. The lowest BCUT2D eigenvalue weighted by Gasteiger charge is -2.03. The normalized spacial score (nSPS) is 10.6. The Morgan fingerprint density at radius 1 is 0.900 bits per heavy atom. The van der Waals surface area contributed by atoms with Crippen LogP contribution in [0.2, 0.25) is 0 Å². The van der Waals surface area contributed by atoms with Crippen LogP contribution in [0.1, 0.15) is 11.5 Å². The Morgan fingerprint density at radius 3 is 2.35 bits per heavy atom. The van der Waals surface area contributed by atoms with Crippen LogP contribution in [-0.4, -0.2) is 20.1 Å². The number of H-pyrrole nitrogens is 1. The number of aromatic amines is 1. The van der Waals surface area contributed by atoms with Gasteiger partial charge in [0.1, 0.15) is 11.6 Å². The number of phenolic OH excluding ortho intramolecular Hbond substituents is 1. The summed E-state index contributed by atoms with van der Waals surface area (Å²) < 4.78 is 0. The largest absolute Gasteiger partial charge is 0.508 e. The van der Waals surface area contributed by atoms with Crippen molar-refractivity contribution in [2.45, 2.75) is 12.8 Å². The van der Waals surface area contributed by atoms with Crippen LogP contribution in [0.5, 0.6) is 5.75 Å². The molecule has 2 heterocycles. The topological polar surface area (TPSA) is 61.8 Å². The summed E-state index contributed by atoms with van der Waals surface area (Å²) in [5.41, 5.74) is 3.14. The first-order valence-electron chi connectivity index (χ1n) is 6.54. The number of imidazole rings is 1. The highest BCUT2D eigenvalue weighted by Crippen LogP contribution is 2.21. The molecular weight excluding hydrogens is 250 g/mol. The van der Waals surface area contributed by atoms with Crippen molar-refractivity contribution in [1.82, 2.24) is 15.0 Å². The number of nitrogens with zero attached hydrogens (tertiary/aromatic N) is 2. The summed E-state index contributed by atoms with van der Waals surface area (Å²) in [6, 6.07) is 11.2. The molecule has 0 aliphatic rings. The van der Waals surface area contributed by atoms with Gasteiger partial charge in [0.2, 0.25) is 0 Å². The molecule has 1 aromatic carbocycles. The van der Waals surface area contributed by atoms with E-state index in [0.717, 1.165) is 35.5 Å². The molecule has 0 fully saturated rings. The second kappa shape index (κ2) is 5.57. The highest BCUT2D eigenvalue weighted by atomic mass is 16.3. The van der Waals surface area contributed by atoms with Gasteiger partial charge in [0.05, 0.1) is 0 Å². The zero-order valence-electron chi connectivity index (χ0n) is 11.0. The van der Waals surface area contributed by atoms with Crippen molar-refractivity contribution in [3.05, 3.63) is 66.5 Å². The van der Waals surface area contributed by atoms with Crippen molar-refractivity contribution in [2.24, 2.45) is 0 Å². The predicted molar refractivity (Wildman–Crippen MR) is 77.3 cm³/mol. The van der Waals surface area contributed by atoms with E-state index in [2.05, 4.69) is 21.0 Å². The molecule has 20 heavy (non-hydrogen) atoms. The van der Waals surface area contributed by atoms with Crippen molar-refractivity contribution >= 4 is 0 Å². The number of pyridine rings is 1. The zero-order chi connectivity index (χ0) is 13.8. The number of hydrogen-bond acceptors (Lipinski definition) is 3. The third-order valence-electron chi connectivity index (χ3n) is 3.20. The molecule has 100 valence electrons. The molecule has 0 amide bonds. The molecule has 0 unspecified atom stereocenters. The SMILES string of the molecule is Oc1ccc(-c2ccc(CCc3ncc[nH]3)nc2)cc1. The highest BCUT2D eigenvalue weighted by Gasteiger charge is 2.01. The van der Waals surface area contributed by atoms with Gasteiger partial charge in [0.25, 0.3) is 0 Å². The maximum atomic E-state index is 9.28. The van der Waals surface area contributed by atoms with E-state index in [4.69, 9.17) is 0 Å². The van der Waals surface area contributed by atoms with Gasteiger partial charge in [-0.2, -0.15) is 0 Å². The molecule has 3 aromatic rings. The average Bonchev–Trinajstić information content (AvgIpc) is 3.00. The van der Waals surface area contributed by atoms with Gasteiger partial charge in [-0.15, -0.1) is 0 Å². The van der Waals surface area contributed by atoms with Gasteiger partial charge in [-0.1, -0.05) is 18.2 Å². The maximum absolute atomic E-state index is 9.28. The van der Waals surface area contributed by atoms with E-state index >= 15 is 0 Å². The smallest absolute Gasteiger partial charge is 0.115 e. The molecule has 0 bridgehead atoms. The van der Waals surface area contributed by atoms with Gasteiger partial charge in [-0.05, 0) is 30.2 Å². The Kier molecular flexibility index (Phi) is 3.46. The van der Waals surface area contributed by atoms with Crippen LogP contribution in [0.4, 0.5) is 0 Å². The lowest BCUT2D eigenvalue weighted by molar-refractivity contribution is 0.475. The summed E-state index contributed by atoms with van der Waals surface area (Å²) in [5, 5.41) is 9.28. The third-order valence-corrected chi connectivity index (χ3v) is 3.20. The number of aromatic nitrogens is 3. The third kappa shape index (κ3) is 2.85. The fourth-order valence-corrected chi connectivity index (χ4v) is 2.08. The molecule has 0 aliphatic heterocycles. The van der Waals surface area contributed by atoms with Gasteiger partial charge in [-0.25, -0.2) is 4.98 Å². The van der Waals surface area contributed by atoms with Crippen LogP contribution < -0.4 is 0 Å². The van der Waals surface area contributed by atoms with Crippen LogP contribution in [0, 0.1) is 0 Å². The van der Waals surface area contributed by atoms with Crippen molar-refractivity contribution < 1.29 is 5.11 Å². The van der Waals surface area contributed by atoms with Crippen LogP contribution in [-0.2, 0) is 12.8 Å². The fraction of sp³-hybridized carbons (Fsp3) is 0.125. The standard InChI is InChI=1S/C16H15N3O/c20-15-6-2-12(3-7-15)13-1-4-14(19-11-13)5-8-16-17-9-10-18-16/h1-4,6-7,9-11,20H,5,8H2,(H,17,18). The van der Waals surface area contributed by atoms with E-state index < -0.39 is 0 Å². The molecule has 0 saturated heterocycles. The van der Waals surface area contributed by atoms with Gasteiger partial charge in [-0.3, -0.25) is 4.98 Å². The van der Waals surface area contributed by atoms with E-state index in [1.807, 2.05) is 30.6 Å². The number of aromatic hydroxyl groups is 1. The van der Waals surface area contributed by atoms with Gasteiger partial charge in [0, 0.05) is 36.3 Å².